The summed E-state index contributed by atoms with van der Waals surface area (Å²) in [6, 6.07) is 9.22. The van der Waals surface area contributed by atoms with Crippen LogP contribution in [-0.4, -0.2) is 50.3 Å². The fraction of sp³-hybridized carbons (Fsp3) is 0.611. The average Bonchev–Trinajstić information content (AvgIpc) is 2.99. The summed E-state index contributed by atoms with van der Waals surface area (Å²) in [5.41, 5.74) is 1.80. The summed E-state index contributed by atoms with van der Waals surface area (Å²) in [7, 11) is 1.90. The Balaban J connectivity index is 0.00000169. The Kier molecular flexibility index (Phi) is 5.76. The van der Waals surface area contributed by atoms with Gasteiger partial charge in [-0.15, -0.1) is 24.0 Å². The Morgan fingerprint density at radius 2 is 2.12 bits per heavy atom. The minimum absolute atomic E-state index is 0. The van der Waals surface area contributed by atoms with Crippen LogP contribution in [-0.2, 0) is 4.74 Å². The lowest BCUT2D eigenvalue weighted by Crippen LogP contribution is -2.42. The number of ether oxygens (including phenoxy) is 1. The van der Waals surface area contributed by atoms with Crippen LogP contribution in [0.3, 0.4) is 0 Å². The molecule has 4 rings (SSSR count). The second-order valence-corrected chi connectivity index (χ2v) is 8.08. The second-order valence-electron chi connectivity index (χ2n) is 7.17. The van der Waals surface area contributed by atoms with Gasteiger partial charge in [-0.25, -0.2) is 0 Å². The fourth-order valence-corrected chi connectivity index (χ4v) is 4.25. The summed E-state index contributed by atoms with van der Waals surface area (Å²) in [6.07, 6.45) is 3.63. The largest absolute Gasteiger partial charge is 0.381 e. The number of likely N-dealkylation sites (tertiary alicyclic amines) is 1. The van der Waals surface area contributed by atoms with E-state index in [0.717, 1.165) is 36.7 Å². The topological polar surface area (TPSA) is 36.9 Å². The molecular weight excluding hydrogens is 481 g/mol. The van der Waals surface area contributed by atoms with Crippen LogP contribution >= 0.6 is 39.9 Å². The third-order valence-corrected chi connectivity index (χ3v) is 6.07. The summed E-state index contributed by atoms with van der Waals surface area (Å²) in [5.74, 6) is 1.68. The van der Waals surface area contributed by atoms with Crippen molar-refractivity contribution in [1.82, 2.24) is 10.2 Å². The molecular formula is C18H25BrIN3O. The lowest BCUT2D eigenvalue weighted by atomic mass is 9.87. The van der Waals surface area contributed by atoms with Crippen LogP contribution in [0.1, 0.15) is 30.7 Å². The van der Waals surface area contributed by atoms with Crippen molar-refractivity contribution in [1.29, 1.82) is 0 Å². The quantitative estimate of drug-likeness (QED) is 0.379. The standard InChI is InChI=1S/C18H24BrN3O.HI/c1-20-17(22-8-6-18(11-22)7-9-23-12-18)21-16-10-15(16)13-2-4-14(19)5-3-13;/h2-5,15-16H,6-12H2,1H3,(H,20,21);1H. The van der Waals surface area contributed by atoms with Crippen molar-refractivity contribution in [3.63, 3.8) is 0 Å². The molecule has 2 saturated heterocycles. The number of guanidine groups is 1. The summed E-state index contributed by atoms with van der Waals surface area (Å²) in [4.78, 5) is 6.95. The Hall–Kier alpha value is -0.340. The van der Waals surface area contributed by atoms with E-state index < -0.39 is 0 Å². The SMILES string of the molecule is CN=C(NC1CC1c1ccc(Br)cc1)N1CCC2(CCOC2)C1.I. The monoisotopic (exact) mass is 505 g/mol. The van der Waals surface area contributed by atoms with Crippen LogP contribution in [0.2, 0.25) is 0 Å². The van der Waals surface area contributed by atoms with Gasteiger partial charge in [-0.1, -0.05) is 28.1 Å². The summed E-state index contributed by atoms with van der Waals surface area (Å²) in [6.45, 7) is 4.03. The highest BCUT2D eigenvalue weighted by molar-refractivity contribution is 14.0. The van der Waals surface area contributed by atoms with Gasteiger partial charge in [0, 0.05) is 48.6 Å². The van der Waals surface area contributed by atoms with Crippen LogP contribution in [0.25, 0.3) is 0 Å². The molecule has 1 spiro atoms. The Bertz CT molecular complexity index is 601. The molecule has 3 unspecified atom stereocenters. The van der Waals surface area contributed by atoms with Crippen molar-refractivity contribution in [2.24, 2.45) is 10.4 Å². The summed E-state index contributed by atoms with van der Waals surface area (Å²) < 4.78 is 6.77. The summed E-state index contributed by atoms with van der Waals surface area (Å²) >= 11 is 3.50. The molecule has 24 heavy (non-hydrogen) atoms. The number of hydrogen-bond donors (Lipinski definition) is 1. The highest BCUT2D eigenvalue weighted by Gasteiger charge is 2.44. The van der Waals surface area contributed by atoms with E-state index in [1.807, 2.05) is 7.05 Å². The van der Waals surface area contributed by atoms with Crippen molar-refractivity contribution in [2.45, 2.75) is 31.2 Å². The molecule has 1 aromatic rings. The fourth-order valence-electron chi connectivity index (χ4n) is 3.98. The zero-order valence-corrected chi connectivity index (χ0v) is 17.9. The Morgan fingerprint density at radius 3 is 2.79 bits per heavy atom. The van der Waals surface area contributed by atoms with Gasteiger partial charge in [0.15, 0.2) is 5.96 Å². The van der Waals surface area contributed by atoms with Crippen molar-refractivity contribution in [3.8, 4) is 0 Å². The first kappa shape index (κ1) is 18.5. The predicted molar refractivity (Wildman–Crippen MR) is 111 cm³/mol. The van der Waals surface area contributed by atoms with Crippen LogP contribution in [0.15, 0.2) is 33.7 Å². The summed E-state index contributed by atoms with van der Waals surface area (Å²) in [5, 5.41) is 3.68. The van der Waals surface area contributed by atoms with E-state index in [0.29, 0.717) is 17.4 Å². The normalized spacial score (nSPS) is 32.1. The van der Waals surface area contributed by atoms with Crippen molar-refractivity contribution in [2.75, 3.05) is 33.4 Å². The number of hydrogen-bond acceptors (Lipinski definition) is 2. The molecule has 2 heterocycles. The van der Waals surface area contributed by atoms with Crippen molar-refractivity contribution >= 4 is 45.9 Å². The van der Waals surface area contributed by atoms with Crippen molar-refractivity contribution in [3.05, 3.63) is 34.3 Å². The average molecular weight is 506 g/mol. The number of aliphatic imine (C=N–C) groups is 1. The Morgan fingerprint density at radius 1 is 1.33 bits per heavy atom. The first-order valence-corrected chi connectivity index (χ1v) is 9.30. The van der Waals surface area contributed by atoms with Gasteiger partial charge in [-0.2, -0.15) is 0 Å². The maximum absolute atomic E-state index is 5.63. The number of halogens is 2. The molecule has 0 amide bonds. The highest BCUT2D eigenvalue weighted by atomic mass is 127. The van der Waals surface area contributed by atoms with E-state index in [1.165, 1.54) is 24.8 Å². The number of benzene rings is 1. The molecule has 3 fully saturated rings. The van der Waals surface area contributed by atoms with Gasteiger partial charge in [-0.05, 0) is 37.0 Å². The van der Waals surface area contributed by atoms with Crippen LogP contribution in [0, 0.1) is 5.41 Å². The van der Waals surface area contributed by atoms with Gasteiger partial charge in [0.2, 0.25) is 0 Å². The second kappa shape index (κ2) is 7.50. The van der Waals surface area contributed by atoms with Gasteiger partial charge in [-0.3, -0.25) is 4.99 Å². The molecule has 6 heteroatoms. The zero-order valence-electron chi connectivity index (χ0n) is 14.0. The Labute approximate surface area is 169 Å². The maximum Gasteiger partial charge on any atom is 0.193 e. The third-order valence-electron chi connectivity index (χ3n) is 5.54. The maximum atomic E-state index is 5.63. The smallest absolute Gasteiger partial charge is 0.193 e. The van der Waals surface area contributed by atoms with Gasteiger partial charge < -0.3 is 15.0 Å². The van der Waals surface area contributed by atoms with Gasteiger partial charge >= 0.3 is 0 Å². The molecule has 3 atom stereocenters. The van der Waals surface area contributed by atoms with Gasteiger partial charge in [0.25, 0.3) is 0 Å². The lowest BCUT2D eigenvalue weighted by Gasteiger charge is -2.25. The molecule has 3 aliphatic rings. The minimum atomic E-state index is 0. The van der Waals surface area contributed by atoms with Crippen LogP contribution < -0.4 is 5.32 Å². The lowest BCUT2D eigenvalue weighted by molar-refractivity contribution is 0.156. The molecule has 132 valence electrons. The molecule has 0 aromatic heterocycles. The third kappa shape index (κ3) is 3.75. The van der Waals surface area contributed by atoms with E-state index in [1.54, 1.807) is 0 Å². The van der Waals surface area contributed by atoms with Crippen LogP contribution in [0.4, 0.5) is 0 Å². The minimum Gasteiger partial charge on any atom is -0.381 e. The van der Waals surface area contributed by atoms with E-state index in [9.17, 15) is 0 Å². The van der Waals surface area contributed by atoms with E-state index in [-0.39, 0.29) is 24.0 Å². The molecule has 4 nitrogen and oxygen atoms in total. The first-order chi connectivity index (χ1) is 11.2. The number of nitrogens with zero attached hydrogens (tertiary/aromatic N) is 2. The molecule has 1 aliphatic carbocycles. The molecule has 1 saturated carbocycles. The van der Waals surface area contributed by atoms with E-state index >= 15 is 0 Å². The molecule has 2 aliphatic heterocycles. The first-order valence-electron chi connectivity index (χ1n) is 8.51. The number of rotatable bonds is 2. The molecule has 0 radical (unpaired) electrons. The van der Waals surface area contributed by atoms with Crippen molar-refractivity contribution < 1.29 is 4.74 Å². The van der Waals surface area contributed by atoms with Gasteiger partial charge in [0.05, 0.1) is 6.61 Å². The van der Waals surface area contributed by atoms with Gasteiger partial charge in [0.1, 0.15) is 0 Å². The highest BCUT2D eigenvalue weighted by Crippen LogP contribution is 2.42. The predicted octanol–water partition coefficient (Wildman–Crippen LogP) is 3.61. The molecule has 1 aromatic carbocycles. The number of nitrogens with one attached hydrogen (secondary N) is 1. The van der Waals surface area contributed by atoms with Crippen LogP contribution in [0.5, 0.6) is 0 Å². The molecule has 1 N–H and O–H groups in total. The van der Waals surface area contributed by atoms with E-state index in [2.05, 4.69) is 55.4 Å². The molecule has 0 bridgehead atoms. The zero-order chi connectivity index (χ0) is 15.9. The van der Waals surface area contributed by atoms with E-state index in [4.69, 9.17) is 4.74 Å².